The van der Waals surface area contributed by atoms with Crippen LogP contribution in [0.1, 0.15) is 32.3 Å². The normalized spacial score (nSPS) is 18.2. The monoisotopic (exact) mass is 244 g/mol. The van der Waals surface area contributed by atoms with Gasteiger partial charge in [0.2, 0.25) is 0 Å². The molecule has 18 heavy (non-hydrogen) atoms. The maximum atomic E-state index is 11.6. The maximum Gasteiger partial charge on any atom is 0.158 e. The molecule has 1 aromatic carbocycles. The predicted octanol–water partition coefficient (Wildman–Crippen LogP) is 3.18. The zero-order chi connectivity index (χ0) is 13.2. The Hall–Kier alpha value is -1.77. The lowest BCUT2D eigenvalue weighted by molar-refractivity contribution is -0.117. The second-order valence-electron chi connectivity index (χ2n) is 5.77. The standard InChI is InChI=1S/C15H20N2O/c1-11-4-6-12(7-5-11)16-17-13-8-14(18)10-15(2,3)9-13/h4-8,16-17H,9-10H2,1-3H3. The van der Waals surface area contributed by atoms with Crippen molar-refractivity contribution in [2.45, 2.75) is 33.6 Å². The summed E-state index contributed by atoms with van der Waals surface area (Å²) in [5.41, 5.74) is 9.49. The van der Waals surface area contributed by atoms with Crippen molar-refractivity contribution in [1.82, 2.24) is 5.43 Å². The van der Waals surface area contributed by atoms with Crippen molar-refractivity contribution < 1.29 is 4.79 Å². The molecule has 0 fully saturated rings. The number of benzene rings is 1. The smallest absolute Gasteiger partial charge is 0.158 e. The Bertz CT molecular complexity index is 472. The molecule has 0 heterocycles. The van der Waals surface area contributed by atoms with Gasteiger partial charge in [-0.2, -0.15) is 0 Å². The SMILES string of the molecule is Cc1ccc(NNC2=CC(=O)CC(C)(C)C2)cc1. The van der Waals surface area contributed by atoms with Crippen LogP contribution in [-0.4, -0.2) is 5.78 Å². The highest BCUT2D eigenvalue weighted by molar-refractivity contribution is 5.91. The van der Waals surface area contributed by atoms with Crippen LogP contribution in [0.15, 0.2) is 36.0 Å². The summed E-state index contributed by atoms with van der Waals surface area (Å²) >= 11 is 0. The van der Waals surface area contributed by atoms with E-state index in [1.54, 1.807) is 6.08 Å². The molecule has 0 saturated heterocycles. The first-order chi connectivity index (χ1) is 8.44. The van der Waals surface area contributed by atoms with E-state index in [9.17, 15) is 4.79 Å². The molecule has 0 unspecified atom stereocenters. The van der Waals surface area contributed by atoms with Crippen LogP contribution in [0.3, 0.4) is 0 Å². The molecular weight excluding hydrogens is 224 g/mol. The number of hydrazine groups is 1. The molecule has 0 radical (unpaired) electrons. The third-order valence-corrected chi connectivity index (χ3v) is 3.08. The van der Waals surface area contributed by atoms with Crippen LogP contribution in [0.4, 0.5) is 5.69 Å². The van der Waals surface area contributed by atoms with Crippen molar-refractivity contribution in [1.29, 1.82) is 0 Å². The highest BCUT2D eigenvalue weighted by Crippen LogP contribution is 2.32. The Labute approximate surface area is 108 Å². The number of ketones is 1. The molecule has 2 rings (SSSR count). The molecule has 2 N–H and O–H groups in total. The van der Waals surface area contributed by atoms with Crippen molar-refractivity contribution in [2.24, 2.45) is 5.41 Å². The second kappa shape index (κ2) is 4.84. The van der Waals surface area contributed by atoms with Crippen molar-refractivity contribution >= 4 is 11.5 Å². The van der Waals surface area contributed by atoms with E-state index >= 15 is 0 Å². The fraction of sp³-hybridized carbons (Fsp3) is 0.400. The number of aryl methyl sites for hydroxylation is 1. The van der Waals surface area contributed by atoms with E-state index in [1.807, 2.05) is 24.3 Å². The first-order valence-corrected chi connectivity index (χ1v) is 6.27. The van der Waals surface area contributed by atoms with Gasteiger partial charge in [-0.1, -0.05) is 31.5 Å². The lowest BCUT2D eigenvalue weighted by Crippen LogP contribution is -2.30. The van der Waals surface area contributed by atoms with E-state index in [0.717, 1.165) is 17.8 Å². The lowest BCUT2D eigenvalue weighted by atomic mass is 9.79. The zero-order valence-electron chi connectivity index (χ0n) is 11.2. The minimum Gasteiger partial charge on any atom is -0.305 e. The number of carbonyl (C=O) groups is 1. The molecule has 0 aromatic heterocycles. The highest BCUT2D eigenvalue weighted by Gasteiger charge is 2.27. The summed E-state index contributed by atoms with van der Waals surface area (Å²) in [6.45, 7) is 6.29. The Morgan fingerprint density at radius 3 is 2.33 bits per heavy atom. The van der Waals surface area contributed by atoms with Gasteiger partial charge < -0.3 is 10.9 Å². The van der Waals surface area contributed by atoms with Crippen molar-refractivity contribution in [3.63, 3.8) is 0 Å². The van der Waals surface area contributed by atoms with Crippen LogP contribution in [0.5, 0.6) is 0 Å². The van der Waals surface area contributed by atoms with Gasteiger partial charge in [-0.25, -0.2) is 0 Å². The van der Waals surface area contributed by atoms with Gasteiger partial charge in [0, 0.05) is 18.2 Å². The molecule has 96 valence electrons. The van der Waals surface area contributed by atoms with Crippen molar-refractivity contribution in [2.75, 3.05) is 5.43 Å². The van der Waals surface area contributed by atoms with Crippen LogP contribution >= 0.6 is 0 Å². The first-order valence-electron chi connectivity index (χ1n) is 6.27. The quantitative estimate of drug-likeness (QED) is 0.802. The number of hydrogen-bond donors (Lipinski definition) is 2. The lowest BCUT2D eigenvalue weighted by Gasteiger charge is -2.29. The Kier molecular flexibility index (Phi) is 3.41. The Morgan fingerprint density at radius 2 is 1.72 bits per heavy atom. The summed E-state index contributed by atoms with van der Waals surface area (Å²) in [6, 6.07) is 8.13. The molecule has 1 aromatic rings. The fourth-order valence-electron chi connectivity index (χ4n) is 2.22. The highest BCUT2D eigenvalue weighted by atomic mass is 16.1. The number of allylic oxidation sites excluding steroid dienone is 2. The topological polar surface area (TPSA) is 41.1 Å². The Balaban J connectivity index is 1.98. The summed E-state index contributed by atoms with van der Waals surface area (Å²) in [5, 5.41) is 0. The van der Waals surface area contributed by atoms with Gasteiger partial charge in [0.05, 0.1) is 5.69 Å². The average Bonchev–Trinajstić information content (AvgIpc) is 2.25. The summed E-state index contributed by atoms with van der Waals surface area (Å²) in [6.07, 6.45) is 3.22. The van der Waals surface area contributed by atoms with Gasteiger partial charge >= 0.3 is 0 Å². The number of hydrogen-bond acceptors (Lipinski definition) is 3. The predicted molar refractivity (Wildman–Crippen MR) is 74.0 cm³/mol. The van der Waals surface area contributed by atoms with Crippen molar-refractivity contribution in [3.8, 4) is 0 Å². The molecule has 1 aliphatic rings. The van der Waals surface area contributed by atoms with Gasteiger partial charge in [-0.15, -0.1) is 0 Å². The zero-order valence-corrected chi connectivity index (χ0v) is 11.2. The number of carbonyl (C=O) groups excluding carboxylic acids is 1. The van der Waals surface area contributed by atoms with Gasteiger partial charge in [-0.05, 0) is 30.9 Å². The second-order valence-corrected chi connectivity index (χ2v) is 5.77. The van der Waals surface area contributed by atoms with Gasteiger partial charge in [0.15, 0.2) is 5.78 Å². The summed E-state index contributed by atoms with van der Waals surface area (Å²) in [4.78, 5) is 11.6. The number of rotatable bonds is 3. The molecule has 3 nitrogen and oxygen atoms in total. The fourth-order valence-corrected chi connectivity index (χ4v) is 2.22. The number of nitrogens with one attached hydrogen (secondary N) is 2. The van der Waals surface area contributed by atoms with E-state index in [1.165, 1.54) is 5.56 Å². The third kappa shape index (κ3) is 3.36. The Morgan fingerprint density at radius 1 is 1.06 bits per heavy atom. The number of anilines is 1. The minimum absolute atomic E-state index is 0.0448. The minimum atomic E-state index is 0.0448. The molecule has 1 aliphatic carbocycles. The molecule has 0 bridgehead atoms. The first kappa shape index (κ1) is 12.7. The molecule has 3 heteroatoms. The largest absolute Gasteiger partial charge is 0.305 e. The molecule has 0 saturated carbocycles. The van der Waals surface area contributed by atoms with Crippen molar-refractivity contribution in [3.05, 3.63) is 41.6 Å². The van der Waals surface area contributed by atoms with E-state index in [4.69, 9.17) is 0 Å². The van der Waals surface area contributed by atoms with Crippen LogP contribution in [0.25, 0.3) is 0 Å². The third-order valence-electron chi connectivity index (χ3n) is 3.08. The van der Waals surface area contributed by atoms with Crippen LogP contribution in [-0.2, 0) is 4.79 Å². The van der Waals surface area contributed by atoms with Crippen LogP contribution < -0.4 is 10.9 Å². The van der Waals surface area contributed by atoms with Gasteiger partial charge in [-0.3, -0.25) is 4.79 Å². The maximum absolute atomic E-state index is 11.6. The van der Waals surface area contributed by atoms with E-state index in [-0.39, 0.29) is 11.2 Å². The van der Waals surface area contributed by atoms with E-state index < -0.39 is 0 Å². The molecular formula is C15H20N2O. The molecule has 0 atom stereocenters. The average molecular weight is 244 g/mol. The molecule has 0 spiro atoms. The molecule has 0 aliphatic heterocycles. The summed E-state index contributed by atoms with van der Waals surface area (Å²) < 4.78 is 0. The van der Waals surface area contributed by atoms with Crippen LogP contribution in [0.2, 0.25) is 0 Å². The summed E-state index contributed by atoms with van der Waals surface area (Å²) in [7, 11) is 0. The van der Waals surface area contributed by atoms with Gasteiger partial charge in [0.25, 0.3) is 0 Å². The van der Waals surface area contributed by atoms with Crippen LogP contribution in [0, 0.1) is 12.3 Å². The van der Waals surface area contributed by atoms with E-state index in [2.05, 4.69) is 31.6 Å². The molecule has 0 amide bonds. The summed E-state index contributed by atoms with van der Waals surface area (Å²) in [5.74, 6) is 0.194. The van der Waals surface area contributed by atoms with Gasteiger partial charge in [0.1, 0.15) is 0 Å². The van der Waals surface area contributed by atoms with E-state index in [0.29, 0.717) is 6.42 Å².